The minimum Gasteiger partial charge on any atom is -0.481 e. The molecule has 4 heteroatoms. The predicted octanol–water partition coefficient (Wildman–Crippen LogP) is 4.44. The van der Waals surface area contributed by atoms with Gasteiger partial charge in [0.05, 0.1) is 19.1 Å². The number of unbranched alkanes of at least 4 members (excludes halogenated alkanes) is 8. The van der Waals surface area contributed by atoms with E-state index in [1.54, 1.807) is 0 Å². The molecule has 0 aliphatic rings. The summed E-state index contributed by atoms with van der Waals surface area (Å²) >= 11 is 0. The van der Waals surface area contributed by atoms with Crippen molar-refractivity contribution in [2.75, 3.05) is 0 Å². The van der Waals surface area contributed by atoms with Crippen molar-refractivity contribution in [3.63, 3.8) is 0 Å². The lowest BCUT2D eigenvalue weighted by Gasteiger charge is -2.00. The van der Waals surface area contributed by atoms with Crippen molar-refractivity contribution < 1.29 is 19.4 Å². The SMILES string of the molecule is CCCCCCCCCCC=COC(=O)CCC(=O)O. The van der Waals surface area contributed by atoms with Crippen LogP contribution in [0.4, 0.5) is 0 Å². The molecule has 0 saturated heterocycles. The van der Waals surface area contributed by atoms with E-state index in [1.807, 2.05) is 6.08 Å². The summed E-state index contributed by atoms with van der Waals surface area (Å²) in [6.07, 6.45) is 14.1. The second-order valence-corrected chi connectivity index (χ2v) is 5.02. The van der Waals surface area contributed by atoms with Gasteiger partial charge in [-0.2, -0.15) is 0 Å². The fourth-order valence-electron chi connectivity index (χ4n) is 1.86. The fourth-order valence-corrected chi connectivity index (χ4v) is 1.86. The summed E-state index contributed by atoms with van der Waals surface area (Å²) in [5.74, 6) is -1.47. The Bertz CT molecular complexity index is 284. The van der Waals surface area contributed by atoms with Crippen LogP contribution in [0, 0.1) is 0 Å². The lowest BCUT2D eigenvalue weighted by Crippen LogP contribution is -2.03. The quantitative estimate of drug-likeness (QED) is 0.308. The fraction of sp³-hybridized carbons (Fsp3) is 0.750. The topological polar surface area (TPSA) is 63.6 Å². The number of allylic oxidation sites excluding steroid dienone is 1. The number of hydrogen-bond acceptors (Lipinski definition) is 3. The molecule has 0 aliphatic heterocycles. The lowest BCUT2D eigenvalue weighted by atomic mass is 10.1. The summed E-state index contributed by atoms with van der Waals surface area (Å²) in [5.41, 5.74) is 0. The Balaban J connectivity index is 3.27. The van der Waals surface area contributed by atoms with E-state index in [0.29, 0.717) is 0 Å². The summed E-state index contributed by atoms with van der Waals surface area (Å²) in [6, 6.07) is 0. The molecule has 0 rings (SSSR count). The lowest BCUT2D eigenvalue weighted by molar-refractivity contribution is -0.144. The molecule has 0 aromatic carbocycles. The average Bonchev–Trinajstić information content (AvgIpc) is 2.42. The summed E-state index contributed by atoms with van der Waals surface area (Å²) in [7, 11) is 0. The summed E-state index contributed by atoms with van der Waals surface area (Å²) in [6.45, 7) is 2.22. The van der Waals surface area contributed by atoms with Crippen molar-refractivity contribution in [1.82, 2.24) is 0 Å². The Labute approximate surface area is 122 Å². The Morgan fingerprint density at radius 2 is 1.55 bits per heavy atom. The standard InChI is InChI=1S/C16H28O4/c1-2-3-4-5-6-7-8-9-10-11-14-20-16(19)13-12-15(17)18/h11,14H,2-10,12-13H2,1H3,(H,17,18). The first-order valence-corrected chi connectivity index (χ1v) is 7.73. The highest BCUT2D eigenvalue weighted by atomic mass is 16.5. The Morgan fingerprint density at radius 1 is 0.950 bits per heavy atom. The van der Waals surface area contributed by atoms with Crippen LogP contribution in [0.1, 0.15) is 77.6 Å². The number of carbonyl (C=O) groups is 2. The Kier molecular flexibility index (Phi) is 13.2. The molecule has 4 nitrogen and oxygen atoms in total. The molecule has 0 bridgehead atoms. The minimum absolute atomic E-state index is 0.0720. The first-order valence-electron chi connectivity index (χ1n) is 7.73. The van der Waals surface area contributed by atoms with Gasteiger partial charge in [0.2, 0.25) is 0 Å². The first-order chi connectivity index (χ1) is 9.66. The van der Waals surface area contributed by atoms with Crippen molar-refractivity contribution >= 4 is 11.9 Å². The van der Waals surface area contributed by atoms with Gasteiger partial charge in [-0.05, 0) is 18.9 Å². The average molecular weight is 284 g/mol. The number of carboxylic acids is 1. The third kappa shape index (κ3) is 14.7. The number of ether oxygens (including phenoxy) is 1. The molecule has 1 N–H and O–H groups in total. The van der Waals surface area contributed by atoms with Gasteiger partial charge in [-0.1, -0.05) is 51.9 Å². The third-order valence-electron chi connectivity index (χ3n) is 3.06. The van der Waals surface area contributed by atoms with Crippen molar-refractivity contribution in [1.29, 1.82) is 0 Å². The third-order valence-corrected chi connectivity index (χ3v) is 3.06. The largest absolute Gasteiger partial charge is 0.481 e. The van der Waals surface area contributed by atoms with Crippen LogP contribution in [0.2, 0.25) is 0 Å². The highest BCUT2D eigenvalue weighted by Crippen LogP contribution is 2.09. The highest BCUT2D eigenvalue weighted by molar-refractivity contribution is 5.76. The smallest absolute Gasteiger partial charge is 0.311 e. The molecule has 0 atom stereocenters. The van der Waals surface area contributed by atoms with Crippen LogP contribution in [0.15, 0.2) is 12.3 Å². The molecule has 0 heterocycles. The molecule has 0 unspecified atom stereocenters. The minimum atomic E-state index is -0.982. The van der Waals surface area contributed by atoms with Crippen molar-refractivity contribution in [2.45, 2.75) is 77.6 Å². The normalized spacial score (nSPS) is 10.8. The van der Waals surface area contributed by atoms with E-state index in [-0.39, 0.29) is 12.8 Å². The second-order valence-electron chi connectivity index (χ2n) is 5.02. The molecule has 0 fully saturated rings. The summed E-state index contributed by atoms with van der Waals surface area (Å²) < 4.78 is 4.78. The van der Waals surface area contributed by atoms with Crippen LogP contribution in [-0.2, 0) is 14.3 Å². The van der Waals surface area contributed by atoms with Crippen LogP contribution in [-0.4, -0.2) is 17.0 Å². The van der Waals surface area contributed by atoms with Gasteiger partial charge in [-0.25, -0.2) is 0 Å². The number of carbonyl (C=O) groups excluding carboxylic acids is 1. The number of carboxylic acid groups (broad SMARTS) is 1. The molecule has 0 saturated carbocycles. The van der Waals surface area contributed by atoms with Crippen LogP contribution >= 0.6 is 0 Å². The molecule has 0 amide bonds. The van der Waals surface area contributed by atoms with Gasteiger partial charge >= 0.3 is 11.9 Å². The maximum absolute atomic E-state index is 11.1. The highest BCUT2D eigenvalue weighted by Gasteiger charge is 2.04. The zero-order valence-corrected chi connectivity index (χ0v) is 12.6. The van der Waals surface area contributed by atoms with E-state index in [1.165, 1.54) is 51.2 Å². The molecular formula is C16H28O4. The molecule has 0 aliphatic carbocycles. The monoisotopic (exact) mass is 284 g/mol. The second kappa shape index (κ2) is 14.1. The molecule has 0 aromatic rings. The van der Waals surface area contributed by atoms with E-state index in [0.717, 1.165) is 12.8 Å². The molecule has 116 valence electrons. The van der Waals surface area contributed by atoms with E-state index in [4.69, 9.17) is 9.84 Å². The summed E-state index contributed by atoms with van der Waals surface area (Å²) in [5, 5.41) is 8.40. The maximum atomic E-state index is 11.1. The first kappa shape index (κ1) is 18.7. The van der Waals surface area contributed by atoms with E-state index in [9.17, 15) is 9.59 Å². The molecule has 0 spiro atoms. The predicted molar refractivity (Wildman–Crippen MR) is 79.3 cm³/mol. The van der Waals surface area contributed by atoms with E-state index >= 15 is 0 Å². The zero-order valence-electron chi connectivity index (χ0n) is 12.6. The van der Waals surface area contributed by atoms with E-state index in [2.05, 4.69) is 6.92 Å². The van der Waals surface area contributed by atoms with Crippen LogP contribution in [0.25, 0.3) is 0 Å². The molecule has 0 aromatic heterocycles. The van der Waals surface area contributed by atoms with Gasteiger partial charge in [0, 0.05) is 0 Å². The van der Waals surface area contributed by atoms with Crippen LogP contribution in [0.3, 0.4) is 0 Å². The van der Waals surface area contributed by atoms with Gasteiger partial charge < -0.3 is 9.84 Å². The Morgan fingerprint density at radius 3 is 2.15 bits per heavy atom. The van der Waals surface area contributed by atoms with Crippen LogP contribution < -0.4 is 0 Å². The van der Waals surface area contributed by atoms with Crippen molar-refractivity contribution in [2.24, 2.45) is 0 Å². The molecule has 20 heavy (non-hydrogen) atoms. The van der Waals surface area contributed by atoms with Crippen molar-refractivity contribution in [3.8, 4) is 0 Å². The van der Waals surface area contributed by atoms with E-state index < -0.39 is 11.9 Å². The molecular weight excluding hydrogens is 256 g/mol. The van der Waals surface area contributed by atoms with Gasteiger partial charge in [0.25, 0.3) is 0 Å². The van der Waals surface area contributed by atoms with Gasteiger partial charge in [0.1, 0.15) is 0 Å². The zero-order chi connectivity index (χ0) is 15.1. The molecule has 0 radical (unpaired) electrons. The van der Waals surface area contributed by atoms with Crippen LogP contribution in [0.5, 0.6) is 0 Å². The van der Waals surface area contributed by atoms with Gasteiger partial charge in [-0.15, -0.1) is 0 Å². The maximum Gasteiger partial charge on any atom is 0.311 e. The number of esters is 1. The number of aliphatic carboxylic acids is 1. The van der Waals surface area contributed by atoms with Gasteiger partial charge in [0.15, 0.2) is 0 Å². The Hall–Kier alpha value is -1.32. The van der Waals surface area contributed by atoms with Gasteiger partial charge in [-0.3, -0.25) is 9.59 Å². The van der Waals surface area contributed by atoms with Crippen molar-refractivity contribution in [3.05, 3.63) is 12.3 Å². The summed E-state index contributed by atoms with van der Waals surface area (Å²) in [4.78, 5) is 21.3. The number of rotatable bonds is 13. The number of hydrogen-bond donors (Lipinski definition) is 1.